The third-order valence-electron chi connectivity index (χ3n) is 6.35. The molecule has 2 N–H and O–H groups in total. The Morgan fingerprint density at radius 1 is 1.25 bits per heavy atom. The molecule has 1 aliphatic rings. The standard InChI is InChI=1S/C27H37N3O6/c1-6-20(27(32)33)25-21(28-5)15-30(29-25)16-24(36-19-11-9-10-12-19)26(31)18-13-22(34-7-2)17(4)23(14-18)35-8-3/h6,13-15,19,24,26,31H,5,7-12,16H2,1-4H3,(H,32,33)/b20-6+. The zero-order valence-electron chi connectivity index (χ0n) is 21.6. The van der Waals surface area contributed by atoms with E-state index >= 15 is 0 Å². The Morgan fingerprint density at radius 2 is 1.86 bits per heavy atom. The molecule has 2 aromatic rings. The van der Waals surface area contributed by atoms with Crippen LogP contribution in [0.2, 0.25) is 0 Å². The van der Waals surface area contributed by atoms with Crippen LogP contribution >= 0.6 is 0 Å². The molecule has 1 saturated carbocycles. The minimum absolute atomic E-state index is 0.0324. The highest BCUT2D eigenvalue weighted by Crippen LogP contribution is 2.36. The van der Waals surface area contributed by atoms with Gasteiger partial charge in [-0.15, -0.1) is 0 Å². The lowest BCUT2D eigenvalue weighted by molar-refractivity contribution is -0.130. The van der Waals surface area contributed by atoms with Crippen LogP contribution in [0.3, 0.4) is 0 Å². The maximum absolute atomic E-state index is 11.7. The second kappa shape index (κ2) is 12.7. The monoisotopic (exact) mass is 499 g/mol. The minimum atomic E-state index is -1.10. The first-order chi connectivity index (χ1) is 17.3. The highest BCUT2D eigenvalue weighted by Gasteiger charge is 2.30. The Hall–Kier alpha value is -3.17. The van der Waals surface area contributed by atoms with E-state index in [1.807, 2.05) is 32.9 Å². The highest BCUT2D eigenvalue weighted by atomic mass is 16.5. The molecule has 0 bridgehead atoms. The molecule has 0 spiro atoms. The lowest BCUT2D eigenvalue weighted by Crippen LogP contribution is -2.31. The van der Waals surface area contributed by atoms with Crippen LogP contribution in [-0.4, -0.2) is 58.1 Å². The Balaban J connectivity index is 1.98. The van der Waals surface area contributed by atoms with Gasteiger partial charge in [-0.05, 0) is 65.0 Å². The molecule has 2 unspecified atom stereocenters. The average molecular weight is 500 g/mol. The van der Waals surface area contributed by atoms with Gasteiger partial charge in [0, 0.05) is 5.56 Å². The number of aliphatic hydroxyl groups excluding tert-OH is 1. The van der Waals surface area contributed by atoms with Gasteiger partial charge < -0.3 is 24.4 Å². The number of aliphatic carboxylic acids is 1. The molecular weight excluding hydrogens is 462 g/mol. The quantitative estimate of drug-likeness (QED) is 0.298. The molecular formula is C27H37N3O6. The van der Waals surface area contributed by atoms with Crippen LogP contribution in [-0.2, 0) is 16.1 Å². The molecule has 3 rings (SSSR count). The zero-order chi connectivity index (χ0) is 26.2. The summed E-state index contributed by atoms with van der Waals surface area (Å²) >= 11 is 0. The summed E-state index contributed by atoms with van der Waals surface area (Å²) in [6.45, 7) is 12.1. The van der Waals surface area contributed by atoms with E-state index in [-0.39, 0.29) is 23.9 Å². The number of ether oxygens (including phenoxy) is 3. The average Bonchev–Trinajstić information content (AvgIpc) is 3.51. The summed E-state index contributed by atoms with van der Waals surface area (Å²) in [5.41, 5.74) is 2.10. The summed E-state index contributed by atoms with van der Waals surface area (Å²) < 4.78 is 19.6. The maximum Gasteiger partial charge on any atom is 0.337 e. The molecule has 2 atom stereocenters. The lowest BCUT2D eigenvalue weighted by Gasteiger charge is -2.28. The molecule has 1 aromatic carbocycles. The van der Waals surface area contributed by atoms with Crippen LogP contribution in [0.4, 0.5) is 5.69 Å². The number of nitrogens with zero attached hydrogens (tertiary/aromatic N) is 3. The van der Waals surface area contributed by atoms with E-state index in [9.17, 15) is 15.0 Å². The summed E-state index contributed by atoms with van der Waals surface area (Å²) in [5.74, 6) is 0.199. The van der Waals surface area contributed by atoms with E-state index in [1.165, 1.54) is 6.08 Å². The summed E-state index contributed by atoms with van der Waals surface area (Å²) in [7, 11) is 0. The number of carbonyl (C=O) groups is 1. The molecule has 1 heterocycles. The SMILES string of the molecule is C=Nc1cn(CC(OC2CCCC2)C(O)c2cc(OCC)c(C)c(OCC)c2)nc1/C(=C\C)C(=O)O. The highest BCUT2D eigenvalue weighted by molar-refractivity contribution is 6.16. The van der Waals surface area contributed by atoms with Crippen LogP contribution in [0.5, 0.6) is 11.5 Å². The van der Waals surface area contributed by atoms with Gasteiger partial charge in [0.25, 0.3) is 0 Å². The summed E-state index contributed by atoms with van der Waals surface area (Å²) in [6, 6.07) is 3.65. The molecule has 0 aliphatic heterocycles. The van der Waals surface area contributed by atoms with Gasteiger partial charge in [-0.25, -0.2) is 4.79 Å². The van der Waals surface area contributed by atoms with Crippen molar-refractivity contribution in [2.75, 3.05) is 13.2 Å². The summed E-state index contributed by atoms with van der Waals surface area (Å²) in [5, 5.41) is 25.6. The predicted octanol–water partition coefficient (Wildman–Crippen LogP) is 4.87. The third kappa shape index (κ3) is 6.33. The van der Waals surface area contributed by atoms with Crippen molar-refractivity contribution >= 4 is 23.9 Å². The first kappa shape index (κ1) is 27.4. The fraction of sp³-hybridized carbons (Fsp3) is 0.519. The second-order valence-electron chi connectivity index (χ2n) is 8.78. The second-order valence-corrected chi connectivity index (χ2v) is 8.78. The third-order valence-corrected chi connectivity index (χ3v) is 6.35. The zero-order valence-corrected chi connectivity index (χ0v) is 21.6. The van der Waals surface area contributed by atoms with Crippen molar-refractivity contribution in [3.05, 3.63) is 41.2 Å². The van der Waals surface area contributed by atoms with Crippen LogP contribution < -0.4 is 9.47 Å². The molecule has 0 radical (unpaired) electrons. The predicted molar refractivity (Wildman–Crippen MR) is 138 cm³/mol. The van der Waals surface area contributed by atoms with Crippen molar-refractivity contribution in [3.8, 4) is 11.5 Å². The van der Waals surface area contributed by atoms with E-state index < -0.39 is 18.2 Å². The topological polar surface area (TPSA) is 115 Å². The number of carboxylic acids is 1. The molecule has 36 heavy (non-hydrogen) atoms. The molecule has 1 aromatic heterocycles. The molecule has 9 heteroatoms. The normalized spacial score (nSPS) is 16.1. The van der Waals surface area contributed by atoms with Gasteiger partial charge in [0.05, 0.1) is 37.6 Å². The van der Waals surface area contributed by atoms with Gasteiger partial charge in [-0.1, -0.05) is 18.9 Å². The van der Waals surface area contributed by atoms with Crippen LogP contribution in [0.25, 0.3) is 5.57 Å². The summed E-state index contributed by atoms with van der Waals surface area (Å²) in [4.78, 5) is 15.6. The van der Waals surface area contributed by atoms with Gasteiger partial charge in [-0.3, -0.25) is 9.67 Å². The lowest BCUT2D eigenvalue weighted by atomic mass is 10.0. The van der Waals surface area contributed by atoms with E-state index in [4.69, 9.17) is 14.2 Å². The Morgan fingerprint density at radius 3 is 2.36 bits per heavy atom. The van der Waals surface area contributed by atoms with Crippen LogP contribution in [0, 0.1) is 6.92 Å². The first-order valence-corrected chi connectivity index (χ1v) is 12.5. The Kier molecular flexibility index (Phi) is 9.66. The minimum Gasteiger partial charge on any atom is -0.493 e. The number of aliphatic imine (C=N–C) groups is 1. The number of benzene rings is 1. The number of hydrogen-bond acceptors (Lipinski definition) is 7. The largest absolute Gasteiger partial charge is 0.493 e. The maximum atomic E-state index is 11.7. The van der Waals surface area contributed by atoms with Crippen molar-refractivity contribution in [3.63, 3.8) is 0 Å². The fourth-order valence-corrected chi connectivity index (χ4v) is 4.53. The van der Waals surface area contributed by atoms with Gasteiger partial charge in [0.15, 0.2) is 0 Å². The Bertz CT molecular complexity index is 1060. The summed E-state index contributed by atoms with van der Waals surface area (Å²) in [6.07, 6.45) is 5.50. The molecule has 1 fully saturated rings. The van der Waals surface area contributed by atoms with Crippen molar-refractivity contribution < 1.29 is 29.2 Å². The fourth-order valence-electron chi connectivity index (χ4n) is 4.53. The van der Waals surface area contributed by atoms with Crippen molar-refractivity contribution in [2.45, 2.75) is 78.2 Å². The smallest absolute Gasteiger partial charge is 0.337 e. The van der Waals surface area contributed by atoms with Gasteiger partial charge >= 0.3 is 5.97 Å². The number of allylic oxidation sites excluding steroid dienone is 1. The molecule has 196 valence electrons. The molecule has 9 nitrogen and oxygen atoms in total. The molecule has 0 amide bonds. The van der Waals surface area contributed by atoms with Gasteiger partial charge in [0.2, 0.25) is 0 Å². The number of aromatic nitrogens is 2. The van der Waals surface area contributed by atoms with Crippen molar-refractivity contribution in [2.24, 2.45) is 4.99 Å². The van der Waals surface area contributed by atoms with E-state index in [0.29, 0.717) is 36.0 Å². The number of carboxylic acid groups (broad SMARTS) is 1. The van der Waals surface area contributed by atoms with Crippen LogP contribution in [0.15, 0.2) is 29.4 Å². The van der Waals surface area contributed by atoms with E-state index in [0.717, 1.165) is 31.2 Å². The molecule has 1 aliphatic carbocycles. The number of hydrogen-bond donors (Lipinski definition) is 2. The van der Waals surface area contributed by atoms with Crippen LogP contribution in [0.1, 0.15) is 69.4 Å². The van der Waals surface area contributed by atoms with Crippen molar-refractivity contribution in [1.82, 2.24) is 9.78 Å². The Labute approximate surface area is 212 Å². The van der Waals surface area contributed by atoms with Gasteiger partial charge in [0.1, 0.15) is 35.1 Å². The van der Waals surface area contributed by atoms with Gasteiger partial charge in [-0.2, -0.15) is 5.10 Å². The first-order valence-electron chi connectivity index (χ1n) is 12.5. The van der Waals surface area contributed by atoms with E-state index in [2.05, 4.69) is 16.8 Å². The van der Waals surface area contributed by atoms with E-state index in [1.54, 1.807) is 17.8 Å². The molecule has 0 saturated heterocycles. The number of rotatable bonds is 13. The number of aliphatic hydroxyl groups is 1. The van der Waals surface area contributed by atoms with Crippen molar-refractivity contribution in [1.29, 1.82) is 0 Å².